The molecule has 2 atom stereocenters. The highest BCUT2D eigenvalue weighted by Gasteiger charge is 2.46. The summed E-state index contributed by atoms with van der Waals surface area (Å²) in [5.74, 6) is -0.367. The molecule has 0 radical (unpaired) electrons. The van der Waals surface area contributed by atoms with Crippen molar-refractivity contribution in [3.05, 3.63) is 35.4 Å². The number of rotatable bonds is 5. The first kappa shape index (κ1) is 17.8. The van der Waals surface area contributed by atoms with E-state index in [1.54, 1.807) is 13.0 Å². The lowest BCUT2D eigenvalue weighted by Crippen LogP contribution is -2.53. The molecule has 6 heteroatoms. The maximum absolute atomic E-state index is 12.9. The van der Waals surface area contributed by atoms with Crippen LogP contribution in [0.15, 0.2) is 24.3 Å². The summed E-state index contributed by atoms with van der Waals surface area (Å²) in [6.07, 6.45) is -2.52. The van der Waals surface area contributed by atoms with Crippen LogP contribution in [0.25, 0.3) is 0 Å². The molecule has 128 valence electrons. The van der Waals surface area contributed by atoms with Gasteiger partial charge in [-0.3, -0.25) is 4.79 Å². The zero-order chi connectivity index (χ0) is 17.3. The molecule has 2 rings (SSSR count). The van der Waals surface area contributed by atoms with E-state index >= 15 is 0 Å². The lowest BCUT2D eigenvalue weighted by atomic mass is 9.63. The molecule has 1 fully saturated rings. The second kappa shape index (κ2) is 6.51. The Morgan fingerprint density at radius 1 is 1.35 bits per heavy atom. The lowest BCUT2D eigenvalue weighted by Gasteiger charge is -2.42. The van der Waals surface area contributed by atoms with Crippen molar-refractivity contribution in [2.45, 2.75) is 50.7 Å². The molecule has 2 N–H and O–H groups in total. The second-order valence-electron chi connectivity index (χ2n) is 6.44. The van der Waals surface area contributed by atoms with Gasteiger partial charge in [-0.05, 0) is 37.3 Å². The van der Waals surface area contributed by atoms with E-state index < -0.39 is 17.2 Å². The number of hydrogen-bond donors (Lipinski definition) is 2. The lowest BCUT2D eigenvalue weighted by molar-refractivity contribution is -0.138. The fourth-order valence-corrected chi connectivity index (χ4v) is 2.82. The largest absolute Gasteiger partial charge is 0.416 e. The number of carbonyl (C=O) groups excluding carboxylic acids is 1. The predicted molar refractivity (Wildman–Crippen MR) is 80.8 cm³/mol. The second-order valence-corrected chi connectivity index (χ2v) is 6.44. The van der Waals surface area contributed by atoms with Gasteiger partial charge in [-0.2, -0.15) is 13.2 Å². The average molecular weight is 329 g/mol. The van der Waals surface area contributed by atoms with E-state index in [2.05, 4.69) is 5.32 Å². The maximum Gasteiger partial charge on any atom is 0.416 e. The zero-order valence-electron chi connectivity index (χ0n) is 13.3. The third-order valence-corrected chi connectivity index (χ3v) is 4.88. The highest BCUT2D eigenvalue weighted by molar-refractivity contribution is 5.89. The summed E-state index contributed by atoms with van der Waals surface area (Å²) in [5.41, 5.74) is -1.20. The Morgan fingerprint density at radius 2 is 2.00 bits per heavy atom. The molecular weight excluding hydrogens is 307 g/mol. The molecule has 0 heterocycles. The standard InChI is InChI=1S/C17H22F3NO2/c1-11(10-22)12(2)21-15(23)16(7-4-8-16)13-5-3-6-14(9-13)17(18,19)20/h3,5-6,9,11-12,22H,4,7-8,10H2,1-2H3,(H,21,23). The van der Waals surface area contributed by atoms with E-state index in [4.69, 9.17) is 5.11 Å². The average Bonchev–Trinajstić information content (AvgIpc) is 2.44. The summed E-state index contributed by atoms with van der Waals surface area (Å²) >= 11 is 0. The SMILES string of the molecule is CC(CO)C(C)NC(=O)C1(c2cccc(C(F)(F)F)c2)CCC1. The summed E-state index contributed by atoms with van der Waals surface area (Å²) in [4.78, 5) is 12.7. The van der Waals surface area contributed by atoms with Crippen LogP contribution in [0, 0.1) is 5.92 Å². The van der Waals surface area contributed by atoms with Gasteiger partial charge in [-0.25, -0.2) is 0 Å². The van der Waals surface area contributed by atoms with Gasteiger partial charge in [0.05, 0.1) is 11.0 Å². The third kappa shape index (κ3) is 3.52. The Balaban J connectivity index is 2.26. The predicted octanol–water partition coefficient (Wildman–Crippen LogP) is 3.26. The molecule has 1 aromatic carbocycles. The molecule has 0 saturated heterocycles. The van der Waals surface area contributed by atoms with Gasteiger partial charge >= 0.3 is 6.18 Å². The highest BCUT2D eigenvalue weighted by Crippen LogP contribution is 2.45. The molecule has 23 heavy (non-hydrogen) atoms. The minimum atomic E-state index is -4.42. The van der Waals surface area contributed by atoms with Gasteiger partial charge in [0.2, 0.25) is 5.91 Å². The number of benzene rings is 1. The first-order valence-electron chi connectivity index (χ1n) is 7.80. The monoisotopic (exact) mass is 329 g/mol. The number of hydrogen-bond acceptors (Lipinski definition) is 2. The van der Waals surface area contributed by atoms with Crippen molar-refractivity contribution in [1.82, 2.24) is 5.32 Å². The van der Waals surface area contributed by atoms with Crippen LogP contribution in [0.4, 0.5) is 13.2 Å². The molecule has 1 aliphatic rings. The molecule has 0 bridgehead atoms. The van der Waals surface area contributed by atoms with Crippen LogP contribution >= 0.6 is 0 Å². The van der Waals surface area contributed by atoms with Gasteiger partial charge in [-0.1, -0.05) is 31.5 Å². The van der Waals surface area contributed by atoms with Gasteiger partial charge in [0.1, 0.15) is 0 Å². The molecule has 1 aromatic rings. The Hall–Kier alpha value is -1.56. The minimum absolute atomic E-state index is 0.0575. The number of nitrogens with one attached hydrogen (secondary N) is 1. The number of amides is 1. The third-order valence-electron chi connectivity index (χ3n) is 4.88. The Morgan fingerprint density at radius 3 is 2.48 bits per heavy atom. The number of aliphatic hydroxyl groups is 1. The molecule has 0 spiro atoms. The van der Waals surface area contributed by atoms with Crippen LogP contribution in [-0.4, -0.2) is 23.7 Å². The number of halogens is 3. The molecule has 0 aliphatic heterocycles. The summed E-state index contributed by atoms with van der Waals surface area (Å²) in [7, 11) is 0. The van der Waals surface area contributed by atoms with E-state index in [-0.39, 0.29) is 24.5 Å². The quantitative estimate of drug-likeness (QED) is 0.871. The van der Waals surface area contributed by atoms with E-state index in [0.29, 0.717) is 18.4 Å². The Kier molecular flexibility index (Phi) is 5.04. The van der Waals surface area contributed by atoms with Crippen molar-refractivity contribution in [3.63, 3.8) is 0 Å². The normalized spacial score (nSPS) is 19.6. The van der Waals surface area contributed by atoms with Crippen LogP contribution < -0.4 is 5.32 Å². The molecule has 1 saturated carbocycles. The summed E-state index contributed by atoms with van der Waals surface area (Å²) in [6.45, 7) is 3.54. The van der Waals surface area contributed by atoms with Crippen molar-refractivity contribution in [2.75, 3.05) is 6.61 Å². The fourth-order valence-electron chi connectivity index (χ4n) is 2.82. The van der Waals surface area contributed by atoms with Crippen LogP contribution in [0.1, 0.15) is 44.2 Å². The van der Waals surface area contributed by atoms with Gasteiger partial charge in [0.25, 0.3) is 0 Å². The summed E-state index contributed by atoms with van der Waals surface area (Å²) in [6, 6.07) is 4.80. The Labute approximate surface area is 133 Å². The highest BCUT2D eigenvalue weighted by atomic mass is 19.4. The van der Waals surface area contributed by atoms with Crippen LogP contribution in [0.5, 0.6) is 0 Å². The van der Waals surface area contributed by atoms with Gasteiger partial charge in [0, 0.05) is 12.6 Å². The van der Waals surface area contributed by atoms with Crippen molar-refractivity contribution in [2.24, 2.45) is 5.92 Å². The molecule has 1 amide bonds. The molecule has 0 aromatic heterocycles. The Bertz CT molecular complexity index is 567. The maximum atomic E-state index is 12.9. The molecule has 1 aliphatic carbocycles. The number of alkyl halides is 3. The van der Waals surface area contributed by atoms with E-state index in [9.17, 15) is 18.0 Å². The van der Waals surface area contributed by atoms with Crippen LogP contribution in [0.3, 0.4) is 0 Å². The van der Waals surface area contributed by atoms with Gasteiger partial charge < -0.3 is 10.4 Å². The summed E-state index contributed by atoms with van der Waals surface area (Å²) < 4.78 is 38.7. The molecule has 2 unspecified atom stereocenters. The van der Waals surface area contributed by atoms with Crippen molar-refractivity contribution in [3.8, 4) is 0 Å². The van der Waals surface area contributed by atoms with Gasteiger partial charge in [0.15, 0.2) is 0 Å². The van der Waals surface area contributed by atoms with Crippen LogP contribution in [0.2, 0.25) is 0 Å². The minimum Gasteiger partial charge on any atom is -0.396 e. The van der Waals surface area contributed by atoms with E-state index in [1.165, 1.54) is 6.07 Å². The van der Waals surface area contributed by atoms with Crippen LogP contribution in [-0.2, 0) is 16.4 Å². The fraction of sp³-hybridized carbons (Fsp3) is 0.588. The topological polar surface area (TPSA) is 49.3 Å². The molecular formula is C17H22F3NO2. The zero-order valence-corrected chi connectivity index (χ0v) is 13.3. The number of carbonyl (C=O) groups is 1. The van der Waals surface area contributed by atoms with Crippen molar-refractivity contribution in [1.29, 1.82) is 0 Å². The van der Waals surface area contributed by atoms with Crippen molar-refractivity contribution >= 4 is 5.91 Å². The first-order valence-corrected chi connectivity index (χ1v) is 7.80. The molecule has 3 nitrogen and oxygen atoms in total. The van der Waals surface area contributed by atoms with Crippen molar-refractivity contribution < 1.29 is 23.1 Å². The first-order chi connectivity index (χ1) is 10.7. The number of aliphatic hydroxyl groups excluding tert-OH is 1. The van der Waals surface area contributed by atoms with Gasteiger partial charge in [-0.15, -0.1) is 0 Å². The van der Waals surface area contributed by atoms with E-state index in [0.717, 1.165) is 18.6 Å². The smallest absolute Gasteiger partial charge is 0.396 e. The summed E-state index contributed by atoms with van der Waals surface area (Å²) in [5, 5.41) is 12.0. The van der Waals surface area contributed by atoms with E-state index in [1.807, 2.05) is 6.92 Å².